The maximum Gasteiger partial charge on any atom is 0.328 e. The van der Waals surface area contributed by atoms with E-state index >= 15 is 0 Å². The zero-order valence-electron chi connectivity index (χ0n) is 11.8. The Hall–Kier alpha value is -1.82. The van der Waals surface area contributed by atoms with Crippen molar-refractivity contribution >= 4 is 38.9 Å². The number of rotatable bonds is 5. The van der Waals surface area contributed by atoms with Gasteiger partial charge in [-0.15, -0.1) is 11.3 Å². The van der Waals surface area contributed by atoms with Gasteiger partial charge in [0.2, 0.25) is 0 Å². The number of methoxy groups -OCH3 is 1. The number of carbonyl (C=O) groups excluding carboxylic acids is 1. The summed E-state index contributed by atoms with van der Waals surface area (Å²) in [4.78, 5) is 16.1. The van der Waals surface area contributed by atoms with E-state index in [0.29, 0.717) is 18.0 Å². The Morgan fingerprint density at radius 1 is 1.50 bits per heavy atom. The second-order valence-electron chi connectivity index (χ2n) is 5.08. The van der Waals surface area contributed by atoms with Crippen LogP contribution in [0.15, 0.2) is 17.6 Å². The molecule has 0 aliphatic heterocycles. The Bertz CT molecular complexity index is 609. The lowest BCUT2D eigenvalue weighted by atomic mass is 10.0. The molecule has 6 heteroatoms. The van der Waals surface area contributed by atoms with E-state index in [1.807, 2.05) is 12.1 Å². The smallest absolute Gasteiger partial charge is 0.328 e. The zero-order valence-corrected chi connectivity index (χ0v) is 12.7. The van der Waals surface area contributed by atoms with Gasteiger partial charge >= 0.3 is 5.97 Å². The van der Waals surface area contributed by atoms with E-state index in [4.69, 9.17) is 10.5 Å². The molecule has 3 N–H and O–H groups in total. The normalized spacial score (nSPS) is 12.6. The first-order valence-electron chi connectivity index (χ1n) is 6.49. The number of anilines is 2. The number of carbonyl (C=O) groups is 1. The highest BCUT2D eigenvalue weighted by molar-refractivity contribution is 7.16. The second kappa shape index (κ2) is 6.09. The van der Waals surface area contributed by atoms with E-state index in [1.54, 1.807) is 16.8 Å². The van der Waals surface area contributed by atoms with Crippen molar-refractivity contribution in [2.45, 2.75) is 26.3 Å². The van der Waals surface area contributed by atoms with Gasteiger partial charge in [-0.05, 0) is 24.5 Å². The molecule has 2 rings (SSSR count). The van der Waals surface area contributed by atoms with Gasteiger partial charge in [0.05, 0.1) is 28.7 Å². The molecule has 0 bridgehead atoms. The topological polar surface area (TPSA) is 77.2 Å². The predicted molar refractivity (Wildman–Crippen MR) is 82.9 cm³/mol. The summed E-state index contributed by atoms with van der Waals surface area (Å²) in [7, 11) is 1.39. The molecule has 0 saturated carbocycles. The van der Waals surface area contributed by atoms with Crippen LogP contribution < -0.4 is 11.1 Å². The molecule has 0 fully saturated rings. The number of nitrogens with one attached hydrogen (secondary N) is 1. The number of hydrogen-bond donors (Lipinski definition) is 2. The van der Waals surface area contributed by atoms with Crippen molar-refractivity contribution in [1.82, 2.24) is 4.98 Å². The minimum Gasteiger partial charge on any atom is -0.467 e. The SMILES string of the molecule is COC(=O)C(CC(C)C)Nc1ccc2scnc2c1N. The van der Waals surface area contributed by atoms with Crippen LogP contribution in [-0.4, -0.2) is 24.1 Å². The van der Waals surface area contributed by atoms with E-state index in [0.717, 1.165) is 15.9 Å². The van der Waals surface area contributed by atoms with Crippen LogP contribution in [0.25, 0.3) is 10.2 Å². The lowest BCUT2D eigenvalue weighted by Crippen LogP contribution is -2.32. The van der Waals surface area contributed by atoms with Gasteiger partial charge in [-0.25, -0.2) is 9.78 Å². The Labute approximate surface area is 122 Å². The molecular formula is C14H19N3O2S. The summed E-state index contributed by atoms with van der Waals surface area (Å²) in [6, 6.07) is 3.43. The van der Waals surface area contributed by atoms with Gasteiger partial charge in [-0.2, -0.15) is 0 Å². The van der Waals surface area contributed by atoms with Crippen LogP contribution in [0.5, 0.6) is 0 Å². The molecule has 108 valence electrons. The summed E-state index contributed by atoms with van der Waals surface area (Å²) in [5, 5.41) is 3.18. The average Bonchev–Trinajstić information content (AvgIpc) is 2.88. The van der Waals surface area contributed by atoms with Crippen LogP contribution >= 0.6 is 11.3 Å². The number of nitrogens with zero attached hydrogens (tertiary/aromatic N) is 1. The molecule has 1 unspecified atom stereocenters. The molecule has 0 aliphatic carbocycles. The first-order valence-corrected chi connectivity index (χ1v) is 7.37. The molecule has 1 atom stereocenters. The minimum atomic E-state index is -0.404. The van der Waals surface area contributed by atoms with Gasteiger partial charge in [-0.1, -0.05) is 13.8 Å². The van der Waals surface area contributed by atoms with E-state index < -0.39 is 6.04 Å². The van der Waals surface area contributed by atoms with Gasteiger partial charge < -0.3 is 15.8 Å². The van der Waals surface area contributed by atoms with Crippen LogP contribution in [0.4, 0.5) is 11.4 Å². The molecular weight excluding hydrogens is 274 g/mol. The van der Waals surface area contributed by atoms with E-state index in [9.17, 15) is 4.79 Å². The summed E-state index contributed by atoms with van der Waals surface area (Å²) < 4.78 is 5.88. The molecule has 0 aliphatic rings. The summed E-state index contributed by atoms with van der Waals surface area (Å²) in [5.41, 5.74) is 9.94. The molecule has 0 saturated heterocycles. The molecule has 0 spiro atoms. The number of nitrogens with two attached hydrogens (primary N) is 1. The Morgan fingerprint density at radius 2 is 2.25 bits per heavy atom. The van der Waals surface area contributed by atoms with E-state index in [-0.39, 0.29) is 5.97 Å². The lowest BCUT2D eigenvalue weighted by Gasteiger charge is -2.20. The third kappa shape index (κ3) is 3.01. The number of fused-ring (bicyclic) bond motifs is 1. The summed E-state index contributed by atoms with van der Waals surface area (Å²) in [6.45, 7) is 4.12. The molecule has 20 heavy (non-hydrogen) atoms. The summed E-state index contributed by atoms with van der Waals surface area (Å²) in [5.74, 6) is 0.0901. The van der Waals surface area contributed by atoms with E-state index in [1.165, 1.54) is 7.11 Å². The molecule has 2 aromatic rings. The van der Waals surface area contributed by atoms with Crippen molar-refractivity contribution in [2.75, 3.05) is 18.2 Å². The number of ether oxygens (including phenoxy) is 1. The van der Waals surface area contributed by atoms with Gasteiger partial charge in [-0.3, -0.25) is 0 Å². The van der Waals surface area contributed by atoms with Crippen molar-refractivity contribution in [3.8, 4) is 0 Å². The van der Waals surface area contributed by atoms with Crippen molar-refractivity contribution in [1.29, 1.82) is 0 Å². The molecule has 0 radical (unpaired) electrons. The number of aromatic nitrogens is 1. The quantitative estimate of drug-likeness (QED) is 0.654. The second-order valence-corrected chi connectivity index (χ2v) is 5.96. The summed E-state index contributed by atoms with van der Waals surface area (Å²) in [6.07, 6.45) is 0.682. The Balaban J connectivity index is 2.27. The highest BCUT2D eigenvalue weighted by Gasteiger charge is 2.21. The maximum absolute atomic E-state index is 11.8. The number of benzene rings is 1. The molecule has 1 aromatic carbocycles. The zero-order chi connectivity index (χ0) is 14.7. The van der Waals surface area contributed by atoms with Crippen molar-refractivity contribution in [3.63, 3.8) is 0 Å². The van der Waals surface area contributed by atoms with E-state index in [2.05, 4.69) is 24.1 Å². The van der Waals surface area contributed by atoms with Crippen molar-refractivity contribution in [3.05, 3.63) is 17.6 Å². The highest BCUT2D eigenvalue weighted by atomic mass is 32.1. The number of thiazole rings is 1. The molecule has 5 nitrogen and oxygen atoms in total. The minimum absolute atomic E-state index is 0.281. The number of hydrogen-bond acceptors (Lipinski definition) is 6. The molecule has 0 amide bonds. The monoisotopic (exact) mass is 293 g/mol. The van der Waals surface area contributed by atoms with Crippen LogP contribution in [0.2, 0.25) is 0 Å². The van der Waals surface area contributed by atoms with Gasteiger partial charge in [0.1, 0.15) is 11.6 Å². The van der Waals surface area contributed by atoms with Crippen molar-refractivity contribution in [2.24, 2.45) is 5.92 Å². The fraction of sp³-hybridized carbons (Fsp3) is 0.429. The largest absolute Gasteiger partial charge is 0.467 e. The third-order valence-electron chi connectivity index (χ3n) is 3.06. The van der Waals surface area contributed by atoms with Crippen LogP contribution in [0.3, 0.4) is 0 Å². The van der Waals surface area contributed by atoms with Gasteiger partial charge in [0, 0.05) is 0 Å². The standard InChI is InChI=1S/C14H19N3O2S/c1-8(2)6-10(14(18)19-3)17-9-4-5-11-13(12(9)15)16-7-20-11/h4-5,7-8,10,17H,6,15H2,1-3H3. The molecule has 1 aromatic heterocycles. The third-order valence-corrected chi connectivity index (χ3v) is 3.86. The van der Waals surface area contributed by atoms with Gasteiger partial charge in [0.25, 0.3) is 0 Å². The van der Waals surface area contributed by atoms with Crippen LogP contribution in [0.1, 0.15) is 20.3 Å². The van der Waals surface area contributed by atoms with Crippen LogP contribution in [0, 0.1) is 5.92 Å². The molecule has 1 heterocycles. The highest BCUT2D eigenvalue weighted by Crippen LogP contribution is 2.30. The average molecular weight is 293 g/mol. The van der Waals surface area contributed by atoms with Gasteiger partial charge in [0.15, 0.2) is 0 Å². The Kier molecular flexibility index (Phi) is 4.44. The maximum atomic E-state index is 11.8. The van der Waals surface area contributed by atoms with Crippen LogP contribution in [-0.2, 0) is 9.53 Å². The van der Waals surface area contributed by atoms with Crippen molar-refractivity contribution < 1.29 is 9.53 Å². The first-order chi connectivity index (χ1) is 9.52. The summed E-state index contributed by atoms with van der Waals surface area (Å²) >= 11 is 1.54. The number of nitrogen functional groups attached to an aromatic ring is 1. The fourth-order valence-corrected chi connectivity index (χ4v) is 2.79. The fourth-order valence-electron chi connectivity index (χ4n) is 2.09. The lowest BCUT2D eigenvalue weighted by molar-refractivity contribution is -0.141. The first kappa shape index (κ1) is 14.6. The number of esters is 1. The predicted octanol–water partition coefficient (Wildman–Crippen LogP) is 2.88. The Morgan fingerprint density at radius 3 is 2.90 bits per heavy atom.